The molecule has 0 aliphatic carbocycles. The SMILES string of the molecule is Cc1ccc(N=C(NN=Cc2ccccc2Cl)c2nc3ccccc3s2)cc1. The Hall–Kier alpha value is -3.02. The maximum atomic E-state index is 6.20. The number of aryl methyl sites for hydroxylation is 1. The molecule has 1 N–H and O–H groups in total. The van der Waals surface area contributed by atoms with Crippen molar-refractivity contribution >= 4 is 50.9 Å². The highest BCUT2D eigenvalue weighted by molar-refractivity contribution is 7.20. The minimum atomic E-state index is 0.591. The second-order valence-electron chi connectivity index (χ2n) is 6.17. The van der Waals surface area contributed by atoms with Gasteiger partial charge < -0.3 is 0 Å². The van der Waals surface area contributed by atoms with Gasteiger partial charge in [0.25, 0.3) is 0 Å². The lowest BCUT2D eigenvalue weighted by Crippen LogP contribution is -2.18. The molecule has 6 heteroatoms. The zero-order valence-electron chi connectivity index (χ0n) is 15.1. The van der Waals surface area contributed by atoms with Gasteiger partial charge in [-0.1, -0.05) is 59.6 Å². The number of para-hydroxylation sites is 1. The number of aliphatic imine (C=N–C) groups is 1. The highest BCUT2D eigenvalue weighted by Crippen LogP contribution is 2.23. The van der Waals surface area contributed by atoms with E-state index in [0.29, 0.717) is 10.9 Å². The zero-order valence-corrected chi connectivity index (χ0v) is 16.7. The lowest BCUT2D eigenvalue weighted by molar-refractivity contribution is 1.03. The van der Waals surface area contributed by atoms with Gasteiger partial charge in [-0.3, -0.25) is 5.43 Å². The molecule has 138 valence electrons. The van der Waals surface area contributed by atoms with Gasteiger partial charge in [0.1, 0.15) is 0 Å². The molecule has 0 unspecified atom stereocenters. The molecule has 0 fully saturated rings. The Morgan fingerprint density at radius 3 is 2.54 bits per heavy atom. The third-order valence-corrected chi connectivity index (χ3v) is 5.44. The summed E-state index contributed by atoms with van der Waals surface area (Å²) in [4.78, 5) is 9.42. The van der Waals surface area contributed by atoms with E-state index in [1.165, 1.54) is 5.56 Å². The molecule has 0 radical (unpaired) electrons. The van der Waals surface area contributed by atoms with Gasteiger partial charge in [0.05, 0.1) is 22.1 Å². The van der Waals surface area contributed by atoms with Crippen molar-refractivity contribution < 1.29 is 0 Å². The van der Waals surface area contributed by atoms with E-state index in [-0.39, 0.29) is 0 Å². The molecule has 0 aliphatic rings. The number of nitrogens with zero attached hydrogens (tertiary/aromatic N) is 3. The van der Waals surface area contributed by atoms with E-state index in [1.54, 1.807) is 17.6 Å². The van der Waals surface area contributed by atoms with Gasteiger partial charge in [-0.2, -0.15) is 5.10 Å². The first-order valence-electron chi connectivity index (χ1n) is 8.74. The van der Waals surface area contributed by atoms with Gasteiger partial charge in [0.2, 0.25) is 0 Å². The number of amidine groups is 1. The maximum absolute atomic E-state index is 6.20. The first-order chi connectivity index (χ1) is 13.7. The summed E-state index contributed by atoms with van der Waals surface area (Å²) in [5.41, 5.74) is 6.83. The van der Waals surface area contributed by atoms with Crippen LogP contribution in [-0.4, -0.2) is 17.0 Å². The average molecular weight is 405 g/mol. The van der Waals surface area contributed by atoms with Crippen LogP contribution in [0.2, 0.25) is 5.02 Å². The molecule has 4 nitrogen and oxygen atoms in total. The maximum Gasteiger partial charge on any atom is 0.183 e. The van der Waals surface area contributed by atoms with Crippen molar-refractivity contribution in [3.63, 3.8) is 0 Å². The Labute approximate surface area is 172 Å². The van der Waals surface area contributed by atoms with E-state index in [2.05, 4.69) is 10.5 Å². The minimum Gasteiger partial charge on any atom is -0.259 e. The highest BCUT2D eigenvalue weighted by atomic mass is 35.5. The predicted octanol–water partition coefficient (Wildman–Crippen LogP) is 5.96. The molecule has 28 heavy (non-hydrogen) atoms. The molecule has 3 aromatic carbocycles. The number of hydrogen-bond donors (Lipinski definition) is 1. The molecule has 0 saturated carbocycles. The summed E-state index contributed by atoms with van der Waals surface area (Å²) >= 11 is 7.77. The Morgan fingerprint density at radius 2 is 1.75 bits per heavy atom. The van der Waals surface area contributed by atoms with E-state index < -0.39 is 0 Å². The van der Waals surface area contributed by atoms with Crippen LogP contribution in [0.25, 0.3) is 10.2 Å². The summed E-state index contributed by atoms with van der Waals surface area (Å²) in [7, 11) is 0. The second kappa shape index (κ2) is 8.33. The van der Waals surface area contributed by atoms with Crippen LogP contribution < -0.4 is 5.43 Å². The van der Waals surface area contributed by atoms with Crippen LogP contribution in [0.15, 0.2) is 82.9 Å². The molecule has 0 spiro atoms. The number of nitrogens with one attached hydrogen (secondary N) is 1. The van der Waals surface area contributed by atoms with Crippen LogP contribution >= 0.6 is 22.9 Å². The molecule has 4 aromatic rings. The van der Waals surface area contributed by atoms with Crippen molar-refractivity contribution in [1.29, 1.82) is 0 Å². The van der Waals surface area contributed by atoms with Crippen molar-refractivity contribution in [2.24, 2.45) is 10.1 Å². The normalized spacial score (nSPS) is 12.0. The Morgan fingerprint density at radius 1 is 1.00 bits per heavy atom. The standard InChI is InChI=1S/C22H17ClN4S/c1-15-10-12-17(13-11-15)25-21(22-26-19-8-4-5-9-20(19)28-22)27-24-14-16-6-2-3-7-18(16)23/h2-14H,1H3,(H,25,27). The van der Waals surface area contributed by atoms with Gasteiger partial charge in [0, 0.05) is 10.6 Å². The Balaban J connectivity index is 1.68. The quantitative estimate of drug-likeness (QED) is 0.259. The van der Waals surface area contributed by atoms with Crippen LogP contribution in [0.4, 0.5) is 5.69 Å². The van der Waals surface area contributed by atoms with E-state index in [1.807, 2.05) is 79.7 Å². The van der Waals surface area contributed by atoms with Gasteiger partial charge in [-0.25, -0.2) is 9.98 Å². The lowest BCUT2D eigenvalue weighted by Gasteiger charge is -2.03. The van der Waals surface area contributed by atoms with Gasteiger partial charge in [-0.05, 0) is 37.3 Å². The average Bonchev–Trinajstić information content (AvgIpc) is 3.14. The fourth-order valence-electron chi connectivity index (χ4n) is 2.59. The van der Waals surface area contributed by atoms with Crippen molar-refractivity contribution in [1.82, 2.24) is 10.4 Å². The molecule has 0 saturated heterocycles. The Kier molecular flexibility index (Phi) is 5.46. The lowest BCUT2D eigenvalue weighted by atomic mass is 10.2. The molecule has 0 amide bonds. The molecule has 4 rings (SSSR count). The third-order valence-electron chi connectivity index (χ3n) is 4.05. The molecule has 1 aromatic heterocycles. The van der Waals surface area contributed by atoms with Crippen molar-refractivity contribution in [2.75, 3.05) is 0 Å². The van der Waals surface area contributed by atoms with Gasteiger partial charge in [-0.15, -0.1) is 11.3 Å². The number of hydrazone groups is 1. The number of benzene rings is 3. The number of hydrogen-bond acceptors (Lipinski definition) is 4. The highest BCUT2D eigenvalue weighted by Gasteiger charge is 2.10. The predicted molar refractivity (Wildman–Crippen MR) is 119 cm³/mol. The van der Waals surface area contributed by atoms with Crippen molar-refractivity contribution in [2.45, 2.75) is 6.92 Å². The molecule has 0 aliphatic heterocycles. The van der Waals surface area contributed by atoms with Gasteiger partial charge in [0.15, 0.2) is 10.8 Å². The summed E-state index contributed by atoms with van der Waals surface area (Å²) in [5, 5.41) is 5.76. The van der Waals surface area contributed by atoms with Crippen molar-refractivity contribution in [3.8, 4) is 0 Å². The largest absolute Gasteiger partial charge is 0.259 e. The van der Waals surface area contributed by atoms with Crippen LogP contribution in [0, 0.1) is 6.92 Å². The minimum absolute atomic E-state index is 0.591. The van der Waals surface area contributed by atoms with Crippen LogP contribution in [0.3, 0.4) is 0 Å². The van der Waals surface area contributed by atoms with E-state index >= 15 is 0 Å². The zero-order chi connectivity index (χ0) is 19.3. The first-order valence-corrected chi connectivity index (χ1v) is 9.93. The summed E-state index contributed by atoms with van der Waals surface area (Å²) in [5.74, 6) is 0.591. The fourth-order valence-corrected chi connectivity index (χ4v) is 3.67. The van der Waals surface area contributed by atoms with Crippen LogP contribution in [-0.2, 0) is 0 Å². The monoisotopic (exact) mass is 404 g/mol. The topological polar surface area (TPSA) is 49.6 Å². The molecule has 0 atom stereocenters. The van der Waals surface area contributed by atoms with Gasteiger partial charge >= 0.3 is 0 Å². The van der Waals surface area contributed by atoms with E-state index in [4.69, 9.17) is 21.6 Å². The summed E-state index contributed by atoms with van der Waals surface area (Å²) in [6.07, 6.45) is 1.68. The number of halogens is 1. The van der Waals surface area contributed by atoms with E-state index in [9.17, 15) is 0 Å². The van der Waals surface area contributed by atoms with Crippen LogP contribution in [0.5, 0.6) is 0 Å². The summed E-state index contributed by atoms with van der Waals surface area (Å²) in [6.45, 7) is 2.05. The summed E-state index contributed by atoms with van der Waals surface area (Å²) < 4.78 is 1.10. The number of fused-ring (bicyclic) bond motifs is 1. The smallest absolute Gasteiger partial charge is 0.183 e. The third kappa shape index (κ3) is 4.27. The second-order valence-corrected chi connectivity index (χ2v) is 7.61. The molecular weight excluding hydrogens is 388 g/mol. The Bertz CT molecular complexity index is 1130. The number of aromatic nitrogens is 1. The van der Waals surface area contributed by atoms with E-state index in [0.717, 1.165) is 26.5 Å². The first kappa shape index (κ1) is 18.3. The van der Waals surface area contributed by atoms with Crippen molar-refractivity contribution in [3.05, 3.63) is 94.0 Å². The molecular formula is C22H17ClN4S. The fraction of sp³-hybridized carbons (Fsp3) is 0.0455. The summed E-state index contributed by atoms with van der Waals surface area (Å²) in [6, 6.07) is 23.6. The van der Waals surface area contributed by atoms with Crippen LogP contribution in [0.1, 0.15) is 16.1 Å². The molecule has 1 heterocycles. The molecule has 0 bridgehead atoms. The number of thiazole rings is 1. The number of rotatable bonds is 4.